The van der Waals surface area contributed by atoms with Gasteiger partial charge in [-0.1, -0.05) is 11.6 Å². The van der Waals surface area contributed by atoms with Crippen molar-refractivity contribution in [2.45, 2.75) is 17.2 Å². The zero-order chi connectivity index (χ0) is 24.6. The molecule has 0 saturated carbocycles. The Morgan fingerprint density at radius 1 is 0.909 bits per heavy atom. The fourth-order valence-electron chi connectivity index (χ4n) is 2.50. The number of halogens is 8. The predicted molar refractivity (Wildman–Crippen MR) is 103 cm³/mol. The highest BCUT2D eigenvalue weighted by Crippen LogP contribution is 2.37. The predicted octanol–water partition coefficient (Wildman–Crippen LogP) is 6.50. The van der Waals surface area contributed by atoms with Gasteiger partial charge in [-0.15, -0.1) is 0 Å². The van der Waals surface area contributed by atoms with E-state index in [2.05, 4.69) is 4.98 Å². The molecule has 2 aromatic carbocycles. The molecule has 0 bridgehead atoms. The summed E-state index contributed by atoms with van der Waals surface area (Å²) in [6.45, 7) is 0. The van der Waals surface area contributed by atoms with E-state index in [1.807, 2.05) is 0 Å². The molecule has 14 heteroatoms. The molecule has 0 radical (unpaired) electrons. The highest BCUT2D eigenvalue weighted by atomic mass is 35.5. The smallest absolute Gasteiger partial charge is 0.418 e. The number of pyridine rings is 1. The van der Waals surface area contributed by atoms with E-state index in [1.165, 1.54) is 0 Å². The number of rotatable bonds is 5. The van der Waals surface area contributed by atoms with Crippen molar-refractivity contribution in [1.29, 1.82) is 0 Å². The Morgan fingerprint density at radius 3 is 2.09 bits per heavy atom. The molecule has 0 fully saturated rings. The fourth-order valence-corrected chi connectivity index (χ4v) is 3.78. The molecule has 3 aromatic rings. The van der Waals surface area contributed by atoms with E-state index in [0.717, 1.165) is 24.3 Å². The normalized spacial score (nSPS) is 12.5. The van der Waals surface area contributed by atoms with Crippen LogP contribution >= 0.6 is 11.6 Å². The van der Waals surface area contributed by atoms with Crippen LogP contribution in [0, 0.1) is 5.82 Å². The van der Waals surface area contributed by atoms with Crippen LogP contribution in [0.3, 0.4) is 0 Å². The van der Waals surface area contributed by atoms with Crippen molar-refractivity contribution in [2.24, 2.45) is 0 Å². The van der Waals surface area contributed by atoms with Crippen LogP contribution in [0.2, 0.25) is 5.02 Å². The average Bonchev–Trinajstić information content (AvgIpc) is 2.69. The van der Waals surface area contributed by atoms with Crippen molar-refractivity contribution in [1.82, 2.24) is 4.98 Å². The van der Waals surface area contributed by atoms with Crippen LogP contribution in [0.5, 0.6) is 11.6 Å². The van der Waals surface area contributed by atoms with Crippen molar-refractivity contribution >= 4 is 27.3 Å². The van der Waals surface area contributed by atoms with E-state index >= 15 is 0 Å². The Bertz CT molecular complexity index is 1280. The topological polar surface area (TPSA) is 68.3 Å². The van der Waals surface area contributed by atoms with Crippen LogP contribution in [-0.2, 0) is 22.4 Å². The third kappa shape index (κ3) is 5.85. The molecule has 0 aliphatic rings. The lowest BCUT2D eigenvalue weighted by molar-refractivity contribution is -0.138. The molecule has 3 rings (SSSR count). The molecule has 0 aliphatic heterocycles. The van der Waals surface area contributed by atoms with Gasteiger partial charge in [-0.25, -0.2) is 17.8 Å². The number of aromatic nitrogens is 1. The number of sulfonamides is 1. The van der Waals surface area contributed by atoms with E-state index in [0.29, 0.717) is 24.4 Å². The Labute approximate surface area is 186 Å². The molecule has 0 aliphatic carbocycles. The summed E-state index contributed by atoms with van der Waals surface area (Å²) >= 11 is 5.73. The molecule has 0 amide bonds. The van der Waals surface area contributed by atoms with Crippen molar-refractivity contribution in [3.63, 3.8) is 0 Å². The summed E-state index contributed by atoms with van der Waals surface area (Å²) in [5, 5.41) is -0.459. The molecule has 5 nitrogen and oxygen atoms in total. The van der Waals surface area contributed by atoms with Crippen molar-refractivity contribution in [3.05, 3.63) is 76.7 Å². The van der Waals surface area contributed by atoms with E-state index in [1.54, 1.807) is 4.72 Å². The number of anilines is 1. The van der Waals surface area contributed by atoms with Crippen LogP contribution in [0.1, 0.15) is 11.1 Å². The molecule has 1 aromatic heterocycles. The summed E-state index contributed by atoms with van der Waals surface area (Å²) < 4.78 is 122. The standard InChI is InChI=1S/C19H10ClF7N2O3S/c20-15-7-10(18(22,23)24)9-28-17(15)32-12-2-4-13(5-3-12)33(30,31)29-16-6-1-11(21)8-14(16)19(25,26)27/h1-9,29H. The molecule has 0 spiro atoms. The molecular weight excluding hydrogens is 505 g/mol. The Balaban J connectivity index is 1.82. The first-order chi connectivity index (χ1) is 15.2. The summed E-state index contributed by atoms with van der Waals surface area (Å²) in [6, 6.07) is 6.12. The second-order valence-electron chi connectivity index (χ2n) is 6.38. The second-order valence-corrected chi connectivity index (χ2v) is 8.46. The lowest BCUT2D eigenvalue weighted by Crippen LogP contribution is -2.17. The summed E-state index contributed by atoms with van der Waals surface area (Å²) in [5.74, 6) is -1.66. The van der Waals surface area contributed by atoms with E-state index < -0.39 is 54.9 Å². The summed E-state index contributed by atoms with van der Waals surface area (Å²) in [6.07, 6.45) is -9.20. The number of benzene rings is 2. The van der Waals surface area contributed by atoms with Gasteiger partial charge < -0.3 is 4.74 Å². The van der Waals surface area contributed by atoms with Gasteiger partial charge in [-0.05, 0) is 48.5 Å². The molecule has 0 atom stereocenters. The van der Waals surface area contributed by atoms with Crippen molar-refractivity contribution < 1.29 is 43.9 Å². The highest BCUT2D eigenvalue weighted by Gasteiger charge is 2.35. The van der Waals surface area contributed by atoms with Crippen LogP contribution < -0.4 is 9.46 Å². The summed E-state index contributed by atoms with van der Waals surface area (Å²) in [4.78, 5) is 2.99. The van der Waals surface area contributed by atoms with Gasteiger partial charge in [0.25, 0.3) is 10.0 Å². The van der Waals surface area contributed by atoms with E-state index in [-0.39, 0.29) is 17.7 Å². The molecular formula is C19H10ClF7N2O3S. The monoisotopic (exact) mass is 514 g/mol. The molecule has 0 unspecified atom stereocenters. The zero-order valence-electron chi connectivity index (χ0n) is 15.8. The maximum atomic E-state index is 13.2. The van der Waals surface area contributed by atoms with Gasteiger partial charge >= 0.3 is 12.4 Å². The van der Waals surface area contributed by atoms with Crippen molar-refractivity contribution in [2.75, 3.05) is 4.72 Å². The zero-order valence-corrected chi connectivity index (χ0v) is 17.4. The minimum atomic E-state index is -5.02. The lowest BCUT2D eigenvalue weighted by Gasteiger charge is -2.15. The van der Waals surface area contributed by atoms with Crippen LogP contribution in [0.4, 0.5) is 36.4 Å². The maximum Gasteiger partial charge on any atom is 0.418 e. The first-order valence-electron chi connectivity index (χ1n) is 8.57. The van der Waals surface area contributed by atoms with Gasteiger partial charge in [0.15, 0.2) is 0 Å². The number of alkyl halides is 6. The number of ether oxygens (including phenoxy) is 1. The number of hydrogen-bond acceptors (Lipinski definition) is 4. The van der Waals surface area contributed by atoms with Gasteiger partial charge in [0.2, 0.25) is 5.88 Å². The minimum Gasteiger partial charge on any atom is -0.438 e. The Kier molecular flexibility index (Phi) is 6.48. The largest absolute Gasteiger partial charge is 0.438 e. The molecule has 33 heavy (non-hydrogen) atoms. The van der Waals surface area contributed by atoms with Gasteiger partial charge in [0.1, 0.15) is 16.6 Å². The summed E-state index contributed by atoms with van der Waals surface area (Å²) in [5.41, 5.74) is -3.51. The quantitative estimate of drug-likeness (QED) is 0.394. The summed E-state index contributed by atoms with van der Waals surface area (Å²) in [7, 11) is -4.52. The number of hydrogen-bond donors (Lipinski definition) is 1. The third-order valence-corrected chi connectivity index (χ3v) is 5.67. The lowest BCUT2D eigenvalue weighted by atomic mass is 10.2. The van der Waals surface area contributed by atoms with E-state index in [4.69, 9.17) is 16.3 Å². The van der Waals surface area contributed by atoms with Gasteiger partial charge in [-0.3, -0.25) is 4.72 Å². The molecule has 1 heterocycles. The first-order valence-corrected chi connectivity index (χ1v) is 10.4. The third-order valence-electron chi connectivity index (χ3n) is 4.01. The SMILES string of the molecule is O=S(=O)(Nc1ccc(F)cc1C(F)(F)F)c1ccc(Oc2ncc(C(F)(F)F)cc2Cl)cc1. The Hall–Kier alpha value is -3.06. The number of nitrogens with zero attached hydrogens (tertiary/aromatic N) is 1. The average molecular weight is 515 g/mol. The number of nitrogens with one attached hydrogen (secondary N) is 1. The van der Waals surface area contributed by atoms with E-state index in [9.17, 15) is 39.2 Å². The first kappa shape index (κ1) is 24.6. The fraction of sp³-hybridized carbons (Fsp3) is 0.105. The van der Waals surface area contributed by atoms with Gasteiger partial charge in [0, 0.05) is 6.20 Å². The van der Waals surface area contributed by atoms with Crippen molar-refractivity contribution in [3.8, 4) is 11.6 Å². The molecule has 1 N–H and O–H groups in total. The maximum absolute atomic E-state index is 13.2. The molecule has 176 valence electrons. The van der Waals surface area contributed by atoms with Gasteiger partial charge in [0.05, 0.1) is 21.7 Å². The molecule has 0 saturated heterocycles. The second kappa shape index (κ2) is 8.71. The minimum absolute atomic E-state index is 0.0686. The van der Waals surface area contributed by atoms with Gasteiger partial charge in [-0.2, -0.15) is 26.3 Å². The van der Waals surface area contributed by atoms with Crippen LogP contribution in [0.15, 0.2) is 59.6 Å². The van der Waals surface area contributed by atoms with Crippen LogP contribution in [0.25, 0.3) is 0 Å². The van der Waals surface area contributed by atoms with Crippen LogP contribution in [-0.4, -0.2) is 13.4 Å². The Morgan fingerprint density at radius 2 is 1.55 bits per heavy atom. The highest BCUT2D eigenvalue weighted by molar-refractivity contribution is 7.92.